The Kier molecular flexibility index (Phi) is 3.07. The Morgan fingerprint density at radius 1 is 1.15 bits per heavy atom. The molecule has 20 heavy (non-hydrogen) atoms. The number of methoxy groups -OCH3 is 1. The van der Waals surface area contributed by atoms with E-state index in [2.05, 4.69) is 0 Å². The number of benzene rings is 2. The third-order valence-electron chi connectivity index (χ3n) is 3.24. The number of Topliss-reactive ketones (excluding diaryl/α,β-unsaturated/α-hetero) is 1. The van der Waals surface area contributed by atoms with Crippen LogP contribution in [0.15, 0.2) is 48.2 Å². The fourth-order valence-electron chi connectivity index (χ4n) is 2.15. The van der Waals surface area contributed by atoms with Gasteiger partial charge in [0.05, 0.1) is 12.7 Å². The lowest BCUT2D eigenvalue weighted by atomic mass is 9.93. The first-order valence-electron chi connectivity index (χ1n) is 6.36. The van der Waals surface area contributed by atoms with Crippen LogP contribution in [-0.2, 0) is 0 Å². The molecule has 2 aromatic carbocycles. The quantitative estimate of drug-likeness (QED) is 0.610. The van der Waals surface area contributed by atoms with Crippen LogP contribution in [0, 0.1) is 0 Å². The number of carbonyl (C=O) groups is 1. The molecule has 0 unspecified atom stereocenters. The summed E-state index contributed by atoms with van der Waals surface area (Å²) in [5.41, 5.74) is 2.58. The van der Waals surface area contributed by atoms with Crippen molar-refractivity contribution in [2.45, 2.75) is 0 Å². The number of allylic oxidation sites excluding steroid dienone is 1. The minimum atomic E-state index is -0.0699. The number of fused-ring (bicyclic) bond motifs is 1. The molecule has 0 atom stereocenters. The molecular weight excluding hydrogens is 251 g/mol. The molecule has 0 saturated heterocycles. The highest BCUT2D eigenvalue weighted by Crippen LogP contribution is 2.30. The summed E-state index contributed by atoms with van der Waals surface area (Å²) in [5.74, 6) is 1.69. The average Bonchev–Trinajstić information content (AvgIpc) is 2.76. The molecule has 98 valence electrons. The van der Waals surface area contributed by atoms with Crippen LogP contribution in [0.25, 0.3) is 6.08 Å². The minimum absolute atomic E-state index is 0.0699. The van der Waals surface area contributed by atoms with Gasteiger partial charge in [-0.05, 0) is 29.8 Å². The van der Waals surface area contributed by atoms with Crippen molar-refractivity contribution >= 4 is 25.2 Å². The Morgan fingerprint density at radius 2 is 1.90 bits per heavy atom. The van der Waals surface area contributed by atoms with Crippen molar-refractivity contribution in [1.29, 1.82) is 0 Å². The summed E-state index contributed by atoms with van der Waals surface area (Å²) in [5, 5.41) is 0. The second kappa shape index (κ2) is 4.89. The molecule has 1 aliphatic rings. The smallest absolute Gasteiger partial charge is 0.231 e. The van der Waals surface area contributed by atoms with E-state index in [-0.39, 0.29) is 5.78 Å². The first kappa shape index (κ1) is 12.5. The molecule has 1 aliphatic heterocycles. The third-order valence-corrected chi connectivity index (χ3v) is 3.24. The van der Waals surface area contributed by atoms with Gasteiger partial charge in [-0.3, -0.25) is 4.79 Å². The average molecular weight is 264 g/mol. The van der Waals surface area contributed by atoms with Gasteiger partial charge >= 0.3 is 0 Å². The summed E-state index contributed by atoms with van der Waals surface area (Å²) < 4.78 is 10.7. The number of ether oxygens (including phenoxy) is 2. The van der Waals surface area contributed by atoms with E-state index in [0.29, 0.717) is 17.1 Å². The van der Waals surface area contributed by atoms with Crippen molar-refractivity contribution in [3.63, 3.8) is 0 Å². The standard InChI is InChI=1S/C16H13BO3/c1-19-12-5-2-10(3-6-12)8-15-16(18)13-9-11(17)4-7-14(13)20-15/h2-9H,17H2,1H3/b15-8-. The van der Waals surface area contributed by atoms with Crippen LogP contribution in [0.4, 0.5) is 0 Å². The summed E-state index contributed by atoms with van der Waals surface area (Å²) in [6, 6.07) is 13.1. The van der Waals surface area contributed by atoms with Crippen LogP contribution in [-0.4, -0.2) is 20.7 Å². The Bertz CT molecular complexity index is 702. The number of carbonyl (C=O) groups excluding carboxylic acids is 1. The van der Waals surface area contributed by atoms with Crippen LogP contribution < -0.4 is 14.9 Å². The fraction of sp³-hybridized carbons (Fsp3) is 0.0625. The second-order valence-electron chi connectivity index (χ2n) is 4.71. The largest absolute Gasteiger partial charge is 0.497 e. The normalized spacial score (nSPS) is 15.1. The Balaban J connectivity index is 1.92. The molecule has 0 amide bonds. The van der Waals surface area contributed by atoms with Crippen molar-refractivity contribution in [2.75, 3.05) is 7.11 Å². The van der Waals surface area contributed by atoms with Gasteiger partial charge in [-0.2, -0.15) is 0 Å². The topological polar surface area (TPSA) is 35.5 Å². The van der Waals surface area contributed by atoms with E-state index in [9.17, 15) is 4.79 Å². The summed E-state index contributed by atoms with van der Waals surface area (Å²) in [6.07, 6.45) is 1.75. The highest BCUT2D eigenvalue weighted by atomic mass is 16.5. The van der Waals surface area contributed by atoms with Gasteiger partial charge in [-0.15, -0.1) is 0 Å². The molecule has 0 N–H and O–H groups in total. The summed E-state index contributed by atoms with van der Waals surface area (Å²) in [6.45, 7) is 0. The lowest BCUT2D eigenvalue weighted by Crippen LogP contribution is -2.04. The van der Waals surface area contributed by atoms with Crippen LogP contribution in [0.1, 0.15) is 15.9 Å². The van der Waals surface area contributed by atoms with Gasteiger partial charge in [0.25, 0.3) is 0 Å². The van der Waals surface area contributed by atoms with Gasteiger partial charge in [-0.1, -0.05) is 29.7 Å². The Morgan fingerprint density at radius 3 is 2.60 bits per heavy atom. The van der Waals surface area contributed by atoms with E-state index in [1.54, 1.807) is 13.2 Å². The highest BCUT2D eigenvalue weighted by molar-refractivity contribution is 6.33. The van der Waals surface area contributed by atoms with Crippen molar-refractivity contribution < 1.29 is 14.3 Å². The molecule has 0 fully saturated rings. The number of rotatable bonds is 2. The number of hydrogen-bond acceptors (Lipinski definition) is 3. The monoisotopic (exact) mass is 264 g/mol. The predicted molar refractivity (Wildman–Crippen MR) is 80.5 cm³/mol. The van der Waals surface area contributed by atoms with Gasteiger partial charge in [-0.25, -0.2) is 0 Å². The summed E-state index contributed by atoms with van der Waals surface area (Å²) >= 11 is 0. The third kappa shape index (κ3) is 2.20. The zero-order chi connectivity index (χ0) is 14.1. The zero-order valence-corrected chi connectivity index (χ0v) is 11.3. The zero-order valence-electron chi connectivity index (χ0n) is 11.3. The fourth-order valence-corrected chi connectivity index (χ4v) is 2.15. The van der Waals surface area contributed by atoms with E-state index in [0.717, 1.165) is 16.8 Å². The molecule has 2 aromatic rings. The first-order valence-corrected chi connectivity index (χ1v) is 6.36. The maximum Gasteiger partial charge on any atom is 0.231 e. The Labute approximate surface area is 118 Å². The van der Waals surface area contributed by atoms with Crippen LogP contribution in [0.5, 0.6) is 11.5 Å². The van der Waals surface area contributed by atoms with Crippen LogP contribution in [0.3, 0.4) is 0 Å². The molecule has 4 heteroatoms. The lowest BCUT2D eigenvalue weighted by molar-refractivity contribution is 0.101. The van der Waals surface area contributed by atoms with Gasteiger partial charge < -0.3 is 9.47 Å². The van der Waals surface area contributed by atoms with Crippen molar-refractivity contribution in [2.24, 2.45) is 0 Å². The van der Waals surface area contributed by atoms with E-state index < -0.39 is 0 Å². The Hall–Kier alpha value is -2.49. The van der Waals surface area contributed by atoms with E-state index in [1.165, 1.54) is 0 Å². The van der Waals surface area contributed by atoms with Gasteiger partial charge in [0, 0.05) is 0 Å². The van der Waals surface area contributed by atoms with Crippen LogP contribution >= 0.6 is 0 Å². The first-order chi connectivity index (χ1) is 9.67. The van der Waals surface area contributed by atoms with E-state index in [4.69, 9.17) is 9.47 Å². The molecule has 0 radical (unpaired) electrons. The molecule has 0 bridgehead atoms. The number of hydrogen-bond donors (Lipinski definition) is 0. The molecule has 3 nitrogen and oxygen atoms in total. The van der Waals surface area contributed by atoms with Crippen LogP contribution in [0.2, 0.25) is 0 Å². The maximum absolute atomic E-state index is 12.3. The maximum atomic E-state index is 12.3. The van der Waals surface area contributed by atoms with Crippen molar-refractivity contribution in [1.82, 2.24) is 0 Å². The van der Waals surface area contributed by atoms with Crippen molar-refractivity contribution in [3.8, 4) is 11.5 Å². The number of ketones is 1. The highest BCUT2D eigenvalue weighted by Gasteiger charge is 2.26. The minimum Gasteiger partial charge on any atom is -0.497 e. The van der Waals surface area contributed by atoms with Crippen molar-refractivity contribution in [3.05, 3.63) is 59.4 Å². The summed E-state index contributed by atoms with van der Waals surface area (Å²) in [4.78, 5) is 12.3. The lowest BCUT2D eigenvalue weighted by Gasteiger charge is -2.01. The second-order valence-corrected chi connectivity index (χ2v) is 4.71. The van der Waals surface area contributed by atoms with Gasteiger partial charge in [0.15, 0.2) is 5.76 Å². The molecule has 1 heterocycles. The molecule has 3 rings (SSSR count). The van der Waals surface area contributed by atoms with Gasteiger partial charge in [0.1, 0.15) is 19.3 Å². The van der Waals surface area contributed by atoms with Gasteiger partial charge in [0.2, 0.25) is 5.78 Å². The predicted octanol–water partition coefficient (Wildman–Crippen LogP) is 1.57. The van der Waals surface area contributed by atoms with E-state index >= 15 is 0 Å². The molecular formula is C16H13BO3. The molecule has 0 aliphatic carbocycles. The molecule has 0 aromatic heterocycles. The molecule has 0 spiro atoms. The molecule has 0 saturated carbocycles. The summed E-state index contributed by atoms with van der Waals surface area (Å²) in [7, 11) is 3.58. The van der Waals surface area contributed by atoms with E-state index in [1.807, 2.05) is 50.3 Å². The SMILES string of the molecule is Bc1ccc2c(c1)C(=O)/C(=C/c1ccc(OC)cc1)O2.